The fourth-order valence-electron chi connectivity index (χ4n) is 2.50. The normalized spacial score (nSPS) is 12.2. The Morgan fingerprint density at radius 2 is 1.62 bits per heavy atom. The predicted octanol–water partition coefficient (Wildman–Crippen LogP) is 3.08. The molecule has 1 N–H and O–H groups in total. The number of hydrogen-bond donors (Lipinski definition) is 1. The van der Waals surface area contributed by atoms with Crippen LogP contribution in [0.5, 0.6) is 0 Å². The minimum absolute atomic E-state index is 0.449. The van der Waals surface area contributed by atoms with Gasteiger partial charge in [-0.25, -0.2) is 4.98 Å². The van der Waals surface area contributed by atoms with Crippen molar-refractivity contribution in [3.8, 4) is 17.1 Å². The smallest absolute Gasteiger partial charge is 0.309 e. The van der Waals surface area contributed by atoms with Gasteiger partial charge >= 0.3 is 7.48 Å². The summed E-state index contributed by atoms with van der Waals surface area (Å²) >= 11 is 0. The van der Waals surface area contributed by atoms with Crippen LogP contribution >= 0.6 is 0 Å². The Balaban J connectivity index is 1.77. The molecule has 0 radical (unpaired) electrons. The van der Waals surface area contributed by atoms with Crippen molar-refractivity contribution < 1.29 is 9.76 Å². The highest BCUT2D eigenvalue weighted by Crippen LogP contribution is 2.24. The predicted molar refractivity (Wildman–Crippen MR) is 107 cm³/mol. The van der Waals surface area contributed by atoms with Crippen LogP contribution in [0.3, 0.4) is 0 Å². The van der Waals surface area contributed by atoms with Gasteiger partial charge in [0, 0.05) is 23.6 Å². The number of aliphatic hydroxyl groups is 1. The molecule has 0 aliphatic heterocycles. The van der Waals surface area contributed by atoms with Crippen LogP contribution in [0.1, 0.15) is 27.7 Å². The van der Waals surface area contributed by atoms with E-state index >= 15 is 0 Å². The molecule has 1 aromatic heterocycles. The molecule has 0 fully saturated rings. The molecule has 134 valence electrons. The molecule has 26 heavy (non-hydrogen) atoms. The van der Waals surface area contributed by atoms with Gasteiger partial charge in [-0.1, -0.05) is 47.9 Å². The molecule has 3 rings (SSSR count). The molecule has 1 heterocycles. The van der Waals surface area contributed by atoms with E-state index in [0.29, 0.717) is 7.48 Å². The highest BCUT2D eigenvalue weighted by atomic mass is 16.5. The van der Waals surface area contributed by atoms with Crippen LogP contribution in [0.25, 0.3) is 17.1 Å². The first-order valence-electron chi connectivity index (χ1n) is 8.82. The van der Waals surface area contributed by atoms with Gasteiger partial charge in [-0.2, -0.15) is 0 Å². The van der Waals surface area contributed by atoms with Gasteiger partial charge < -0.3 is 9.76 Å². The highest BCUT2D eigenvalue weighted by molar-refractivity contribution is 6.47. The summed E-state index contributed by atoms with van der Waals surface area (Å²) in [5.41, 5.74) is 1.65. The van der Waals surface area contributed by atoms with E-state index in [0.717, 1.165) is 22.5 Å². The number of aromatic nitrogens is 2. The van der Waals surface area contributed by atoms with E-state index < -0.39 is 11.2 Å². The lowest BCUT2D eigenvalue weighted by atomic mass is 9.82. The van der Waals surface area contributed by atoms with Gasteiger partial charge in [0.25, 0.3) is 0 Å². The first-order chi connectivity index (χ1) is 12.3. The van der Waals surface area contributed by atoms with Crippen molar-refractivity contribution in [2.24, 2.45) is 0 Å². The molecule has 0 aliphatic rings. The van der Waals surface area contributed by atoms with E-state index in [1.54, 1.807) is 13.8 Å². The molecule has 0 aliphatic carbocycles. The van der Waals surface area contributed by atoms with Crippen molar-refractivity contribution in [1.82, 2.24) is 9.55 Å². The fraction of sp³-hybridized carbons (Fsp3) is 0.286. The van der Waals surface area contributed by atoms with Gasteiger partial charge in [0.1, 0.15) is 5.82 Å². The molecule has 0 saturated heterocycles. The van der Waals surface area contributed by atoms with Crippen LogP contribution in [0.2, 0.25) is 0 Å². The molecule has 0 bridgehead atoms. The maximum atomic E-state index is 10.2. The van der Waals surface area contributed by atoms with Crippen LogP contribution < -0.4 is 5.46 Å². The highest BCUT2D eigenvalue weighted by Gasteiger charge is 2.35. The molecule has 0 atom stereocenters. The molecule has 0 unspecified atom stereocenters. The number of benzene rings is 2. The number of rotatable bonds is 6. The van der Waals surface area contributed by atoms with Crippen molar-refractivity contribution >= 4 is 12.9 Å². The molecular formula is C21H25BN2O2. The van der Waals surface area contributed by atoms with E-state index in [-0.39, 0.29) is 0 Å². The molecule has 4 nitrogen and oxygen atoms in total. The number of imidazole rings is 1. The van der Waals surface area contributed by atoms with Crippen LogP contribution in [0.15, 0.2) is 67.0 Å². The van der Waals surface area contributed by atoms with Crippen molar-refractivity contribution in [1.29, 1.82) is 0 Å². The Kier molecular flexibility index (Phi) is 5.03. The molecule has 5 heteroatoms. The maximum absolute atomic E-state index is 10.2. The number of para-hydroxylation sites is 1. The average molecular weight is 348 g/mol. The lowest BCUT2D eigenvalue weighted by Gasteiger charge is -2.37. The zero-order valence-corrected chi connectivity index (χ0v) is 15.8. The number of hydrogen-bond acceptors (Lipinski definition) is 3. The average Bonchev–Trinajstić information content (AvgIpc) is 3.10. The second-order valence-electron chi connectivity index (χ2n) is 7.51. The molecular weight excluding hydrogens is 323 g/mol. The second-order valence-corrected chi connectivity index (χ2v) is 7.51. The Bertz CT molecular complexity index is 850. The van der Waals surface area contributed by atoms with Crippen molar-refractivity contribution in [2.45, 2.75) is 38.9 Å². The minimum atomic E-state index is -0.909. The van der Waals surface area contributed by atoms with Crippen molar-refractivity contribution in [3.63, 3.8) is 0 Å². The largest absolute Gasteiger partial charge is 0.427 e. The molecule has 0 spiro atoms. The van der Waals surface area contributed by atoms with Gasteiger partial charge in [0.05, 0.1) is 11.2 Å². The van der Waals surface area contributed by atoms with Gasteiger partial charge in [0.15, 0.2) is 0 Å². The summed E-state index contributed by atoms with van der Waals surface area (Å²) in [4.78, 5) is 4.51. The first kappa shape index (κ1) is 18.4. The van der Waals surface area contributed by atoms with Crippen LogP contribution in [0.4, 0.5) is 0 Å². The summed E-state index contributed by atoms with van der Waals surface area (Å²) in [6, 6.07) is 18.4. The topological polar surface area (TPSA) is 47.3 Å². The zero-order chi connectivity index (χ0) is 18.8. The lowest BCUT2D eigenvalue weighted by molar-refractivity contribution is -0.0893. The third kappa shape index (κ3) is 3.89. The zero-order valence-electron chi connectivity index (χ0n) is 15.8. The third-order valence-electron chi connectivity index (χ3n) is 4.96. The van der Waals surface area contributed by atoms with Crippen molar-refractivity contribution in [3.05, 3.63) is 67.0 Å². The van der Waals surface area contributed by atoms with E-state index in [1.165, 1.54) is 0 Å². The summed E-state index contributed by atoms with van der Waals surface area (Å²) in [5, 5.41) is 10.2. The SMILES string of the molecule is CC(C)(O)C(C)(C)OBc1ccc(-c2nccn2-c2ccccc2)cc1. The van der Waals surface area contributed by atoms with Crippen LogP contribution in [0, 0.1) is 0 Å². The van der Waals surface area contributed by atoms with Crippen LogP contribution in [-0.2, 0) is 4.65 Å². The molecule has 2 aromatic carbocycles. The van der Waals surface area contributed by atoms with E-state index in [4.69, 9.17) is 4.65 Å². The van der Waals surface area contributed by atoms with Crippen molar-refractivity contribution in [2.75, 3.05) is 0 Å². The van der Waals surface area contributed by atoms with Gasteiger partial charge in [0.2, 0.25) is 0 Å². The van der Waals surface area contributed by atoms with E-state index in [9.17, 15) is 5.11 Å². The summed E-state index contributed by atoms with van der Waals surface area (Å²) in [6.45, 7) is 7.33. The minimum Gasteiger partial charge on any atom is -0.427 e. The Labute approximate surface area is 155 Å². The summed E-state index contributed by atoms with van der Waals surface area (Å²) in [7, 11) is 0.449. The van der Waals surface area contributed by atoms with Gasteiger partial charge in [-0.05, 0) is 39.8 Å². The number of nitrogens with zero attached hydrogens (tertiary/aromatic N) is 2. The Hall–Kier alpha value is -2.37. The molecule has 0 saturated carbocycles. The Morgan fingerprint density at radius 3 is 2.23 bits per heavy atom. The first-order valence-corrected chi connectivity index (χ1v) is 8.82. The van der Waals surface area contributed by atoms with E-state index in [2.05, 4.69) is 33.8 Å². The monoisotopic (exact) mass is 348 g/mol. The lowest BCUT2D eigenvalue weighted by Crippen LogP contribution is -2.49. The third-order valence-corrected chi connectivity index (χ3v) is 4.96. The molecule has 0 amide bonds. The maximum Gasteiger partial charge on any atom is 0.309 e. The van der Waals surface area contributed by atoms with Gasteiger partial charge in [-0.15, -0.1) is 0 Å². The summed E-state index contributed by atoms with van der Waals surface area (Å²) < 4.78 is 8.01. The summed E-state index contributed by atoms with van der Waals surface area (Å²) in [6.07, 6.45) is 3.78. The second kappa shape index (κ2) is 7.10. The van der Waals surface area contributed by atoms with E-state index in [1.807, 2.05) is 56.6 Å². The summed E-state index contributed by atoms with van der Waals surface area (Å²) in [5.74, 6) is 0.903. The fourth-order valence-corrected chi connectivity index (χ4v) is 2.50. The van der Waals surface area contributed by atoms with Crippen LogP contribution in [-0.4, -0.2) is 33.3 Å². The Morgan fingerprint density at radius 1 is 0.962 bits per heavy atom. The molecule has 3 aromatic rings. The standard InChI is InChI=1S/C21H25BN2O2/c1-20(2,25)21(3,4)26-22-17-12-10-16(11-13-17)19-23-14-15-24(19)18-8-6-5-7-9-18/h5-15,22,25H,1-4H3. The van der Waals surface area contributed by atoms with Gasteiger partial charge in [-0.3, -0.25) is 4.57 Å². The quantitative estimate of drug-likeness (QED) is 0.697.